The second-order valence-electron chi connectivity index (χ2n) is 7.91. The zero-order chi connectivity index (χ0) is 21.8. The van der Waals surface area contributed by atoms with E-state index in [9.17, 15) is 9.59 Å². The highest BCUT2D eigenvalue weighted by atomic mass is 16.2. The summed E-state index contributed by atoms with van der Waals surface area (Å²) in [6.07, 6.45) is 2.48. The molecule has 2 N–H and O–H groups in total. The Balaban J connectivity index is 1.80. The molecule has 3 rings (SSSR count). The third-order valence-corrected chi connectivity index (χ3v) is 4.99. The number of carbonyl (C=O) groups excluding carboxylic acids is 2. The minimum atomic E-state index is -0.313. The summed E-state index contributed by atoms with van der Waals surface area (Å²) in [7, 11) is 0. The van der Waals surface area contributed by atoms with Gasteiger partial charge in [-0.3, -0.25) is 9.59 Å². The van der Waals surface area contributed by atoms with Gasteiger partial charge in [-0.05, 0) is 43.9 Å². The summed E-state index contributed by atoms with van der Waals surface area (Å²) < 4.78 is 1.81. The fourth-order valence-electron chi connectivity index (χ4n) is 3.30. The summed E-state index contributed by atoms with van der Waals surface area (Å²) in [5, 5.41) is 10.7. The fraction of sp³-hybridized carbons (Fsp3) is 0.391. The Morgan fingerprint density at radius 3 is 2.53 bits per heavy atom. The van der Waals surface area contributed by atoms with E-state index in [0.717, 1.165) is 23.4 Å². The molecule has 1 aromatic carbocycles. The highest BCUT2D eigenvalue weighted by Gasteiger charge is 2.19. The maximum atomic E-state index is 12.9. The molecule has 0 aliphatic rings. The Morgan fingerprint density at radius 2 is 1.87 bits per heavy atom. The summed E-state index contributed by atoms with van der Waals surface area (Å²) in [6.45, 7) is 10.0. The van der Waals surface area contributed by atoms with Crippen LogP contribution >= 0.6 is 0 Å². The van der Waals surface area contributed by atoms with E-state index in [2.05, 4.69) is 15.7 Å². The molecule has 0 fully saturated rings. The highest BCUT2D eigenvalue weighted by molar-refractivity contribution is 6.07. The van der Waals surface area contributed by atoms with Crippen LogP contribution < -0.4 is 10.6 Å². The average Bonchev–Trinajstić information content (AvgIpc) is 3.16. The van der Waals surface area contributed by atoms with Crippen molar-refractivity contribution in [2.24, 2.45) is 0 Å². The van der Waals surface area contributed by atoms with E-state index in [-0.39, 0.29) is 30.3 Å². The van der Waals surface area contributed by atoms with Crippen molar-refractivity contribution >= 4 is 28.5 Å². The predicted molar refractivity (Wildman–Crippen MR) is 119 cm³/mol. The molecule has 0 atom stereocenters. The Bertz CT molecular complexity index is 1070. The van der Waals surface area contributed by atoms with E-state index in [4.69, 9.17) is 4.98 Å². The lowest BCUT2D eigenvalue weighted by Gasteiger charge is -2.13. The molecular formula is C23H29N5O2. The number of nitrogens with zero attached hydrogens (tertiary/aromatic N) is 3. The molecule has 7 nitrogen and oxygen atoms in total. The summed E-state index contributed by atoms with van der Waals surface area (Å²) in [6, 6.07) is 9.56. The van der Waals surface area contributed by atoms with Crippen LogP contribution in [0.25, 0.3) is 11.0 Å². The van der Waals surface area contributed by atoms with Gasteiger partial charge in [-0.2, -0.15) is 5.10 Å². The van der Waals surface area contributed by atoms with Crippen LogP contribution in [0, 0.1) is 0 Å². The van der Waals surface area contributed by atoms with Gasteiger partial charge in [0.15, 0.2) is 5.65 Å². The van der Waals surface area contributed by atoms with Crippen LogP contribution in [0.2, 0.25) is 0 Å². The van der Waals surface area contributed by atoms with Crippen molar-refractivity contribution in [3.8, 4) is 0 Å². The van der Waals surface area contributed by atoms with Crippen molar-refractivity contribution in [2.75, 3.05) is 11.9 Å². The Morgan fingerprint density at radius 1 is 1.13 bits per heavy atom. The van der Waals surface area contributed by atoms with Gasteiger partial charge in [0.1, 0.15) is 0 Å². The minimum absolute atomic E-state index is 0.115. The number of benzene rings is 1. The molecule has 0 spiro atoms. The quantitative estimate of drug-likeness (QED) is 0.618. The van der Waals surface area contributed by atoms with Gasteiger partial charge in [0, 0.05) is 17.4 Å². The lowest BCUT2D eigenvalue weighted by molar-refractivity contribution is -0.115. The number of para-hydroxylation sites is 1. The van der Waals surface area contributed by atoms with Crippen LogP contribution in [0.3, 0.4) is 0 Å². The van der Waals surface area contributed by atoms with Crippen LogP contribution in [0.15, 0.2) is 36.5 Å². The topological polar surface area (TPSA) is 88.9 Å². The molecule has 3 aromatic rings. The number of hydrogen-bond donors (Lipinski definition) is 2. The first-order chi connectivity index (χ1) is 14.3. The van der Waals surface area contributed by atoms with E-state index in [1.165, 1.54) is 0 Å². The molecule has 158 valence electrons. The number of amides is 2. The maximum Gasteiger partial charge on any atom is 0.252 e. The van der Waals surface area contributed by atoms with Gasteiger partial charge in [-0.25, -0.2) is 9.67 Å². The van der Waals surface area contributed by atoms with Crippen LogP contribution in [0.4, 0.5) is 5.69 Å². The zero-order valence-electron chi connectivity index (χ0n) is 18.2. The lowest BCUT2D eigenvalue weighted by Crippen LogP contribution is -2.33. The molecule has 7 heteroatoms. The van der Waals surface area contributed by atoms with E-state index in [0.29, 0.717) is 16.6 Å². The molecule has 0 saturated heterocycles. The number of aryl methyl sites for hydroxylation is 1. The summed E-state index contributed by atoms with van der Waals surface area (Å²) in [4.78, 5) is 30.0. The molecular weight excluding hydrogens is 378 g/mol. The Kier molecular flexibility index (Phi) is 6.50. The van der Waals surface area contributed by atoms with Gasteiger partial charge in [-0.1, -0.05) is 39.0 Å². The zero-order valence-corrected chi connectivity index (χ0v) is 18.2. The van der Waals surface area contributed by atoms with Crippen LogP contribution in [0.5, 0.6) is 0 Å². The first-order valence-corrected chi connectivity index (χ1v) is 10.4. The molecule has 2 aromatic heterocycles. The molecule has 0 bridgehead atoms. The largest absolute Gasteiger partial charge is 0.343 e. The van der Waals surface area contributed by atoms with Crippen molar-refractivity contribution in [3.05, 3.63) is 53.3 Å². The predicted octanol–water partition coefficient (Wildman–Crippen LogP) is 4.07. The standard InChI is InChI=1S/C23H29N5O2/c1-6-16-9-7-8-10-19(16)26-21(29)13-24-23(30)17-11-20(14(2)3)27-22-18(17)12-25-28(22)15(4)5/h7-12,14-15H,6,13H2,1-5H3,(H,24,30)(H,26,29). The smallest absolute Gasteiger partial charge is 0.252 e. The first kappa shape index (κ1) is 21.5. The number of aromatic nitrogens is 3. The third-order valence-electron chi connectivity index (χ3n) is 4.99. The molecule has 2 amide bonds. The first-order valence-electron chi connectivity index (χ1n) is 10.4. The Labute approximate surface area is 176 Å². The third kappa shape index (κ3) is 4.50. The minimum Gasteiger partial charge on any atom is -0.343 e. The van der Waals surface area contributed by atoms with Gasteiger partial charge < -0.3 is 10.6 Å². The van der Waals surface area contributed by atoms with Gasteiger partial charge in [0.05, 0.1) is 23.7 Å². The molecule has 0 aliphatic heterocycles. The van der Waals surface area contributed by atoms with Gasteiger partial charge >= 0.3 is 0 Å². The monoisotopic (exact) mass is 407 g/mol. The van der Waals surface area contributed by atoms with Gasteiger partial charge in [0.2, 0.25) is 5.91 Å². The highest BCUT2D eigenvalue weighted by Crippen LogP contribution is 2.24. The van der Waals surface area contributed by atoms with Crippen molar-refractivity contribution < 1.29 is 9.59 Å². The van der Waals surface area contributed by atoms with Crippen molar-refractivity contribution in [1.29, 1.82) is 0 Å². The molecule has 2 heterocycles. The van der Waals surface area contributed by atoms with E-state index >= 15 is 0 Å². The van der Waals surface area contributed by atoms with E-state index < -0.39 is 0 Å². The van der Waals surface area contributed by atoms with Crippen molar-refractivity contribution in [3.63, 3.8) is 0 Å². The number of anilines is 1. The lowest BCUT2D eigenvalue weighted by atomic mass is 10.0. The van der Waals surface area contributed by atoms with Gasteiger partial charge in [0.25, 0.3) is 5.91 Å². The number of rotatable bonds is 7. The number of pyridine rings is 1. The maximum absolute atomic E-state index is 12.9. The van der Waals surface area contributed by atoms with Crippen LogP contribution in [-0.4, -0.2) is 33.1 Å². The molecule has 30 heavy (non-hydrogen) atoms. The van der Waals surface area contributed by atoms with Crippen LogP contribution in [-0.2, 0) is 11.2 Å². The molecule has 0 unspecified atom stereocenters. The van der Waals surface area contributed by atoms with Gasteiger partial charge in [-0.15, -0.1) is 0 Å². The van der Waals surface area contributed by atoms with E-state index in [1.807, 2.05) is 63.6 Å². The summed E-state index contributed by atoms with van der Waals surface area (Å²) >= 11 is 0. The molecule has 0 aliphatic carbocycles. The number of fused-ring (bicyclic) bond motifs is 1. The Hall–Kier alpha value is -3.22. The second kappa shape index (κ2) is 9.07. The number of hydrogen-bond acceptors (Lipinski definition) is 4. The average molecular weight is 408 g/mol. The van der Waals surface area contributed by atoms with Crippen LogP contribution in [0.1, 0.15) is 68.2 Å². The number of nitrogens with one attached hydrogen (secondary N) is 2. The van der Waals surface area contributed by atoms with Crippen molar-refractivity contribution in [2.45, 2.75) is 53.0 Å². The normalized spacial score (nSPS) is 11.3. The molecule has 0 radical (unpaired) electrons. The summed E-state index contributed by atoms with van der Waals surface area (Å²) in [5.74, 6) is -0.423. The second-order valence-corrected chi connectivity index (χ2v) is 7.91. The van der Waals surface area contributed by atoms with E-state index in [1.54, 1.807) is 12.3 Å². The number of carbonyl (C=O) groups is 2. The summed E-state index contributed by atoms with van der Waals surface area (Å²) in [5.41, 5.74) is 3.80. The molecule has 0 saturated carbocycles. The van der Waals surface area contributed by atoms with Crippen molar-refractivity contribution in [1.82, 2.24) is 20.1 Å². The SMILES string of the molecule is CCc1ccccc1NC(=O)CNC(=O)c1cc(C(C)C)nc2c1cnn2C(C)C. The fourth-order valence-corrected chi connectivity index (χ4v) is 3.30.